The van der Waals surface area contributed by atoms with Crippen molar-refractivity contribution in [2.45, 2.75) is 13.0 Å². The normalized spacial score (nSPS) is 15.8. The number of pyridine rings is 2. The Balaban J connectivity index is 1.60. The van der Waals surface area contributed by atoms with Gasteiger partial charge in [-0.25, -0.2) is 9.18 Å². The molecule has 5 rings (SSSR count). The molecule has 3 aromatic heterocycles. The molecule has 1 aromatic carbocycles. The van der Waals surface area contributed by atoms with Gasteiger partial charge in [-0.2, -0.15) is 4.98 Å². The van der Waals surface area contributed by atoms with Crippen molar-refractivity contribution in [1.29, 1.82) is 0 Å². The molecule has 0 amide bonds. The molecule has 1 aliphatic heterocycles. The predicted octanol–water partition coefficient (Wildman–Crippen LogP) is 2.12. The fourth-order valence-electron chi connectivity index (χ4n) is 4.25. The van der Waals surface area contributed by atoms with Crippen molar-refractivity contribution in [1.82, 2.24) is 19.7 Å². The highest BCUT2D eigenvalue weighted by Gasteiger charge is 2.25. The number of anilines is 1. The second-order valence-electron chi connectivity index (χ2n) is 8.21. The Hall–Kier alpha value is -4.12. The minimum absolute atomic E-state index is 0.00829. The number of halogens is 1. The zero-order valence-electron chi connectivity index (χ0n) is 18.0. The van der Waals surface area contributed by atoms with E-state index in [9.17, 15) is 14.7 Å². The molecule has 4 aromatic rings. The summed E-state index contributed by atoms with van der Waals surface area (Å²) in [5.74, 6) is -1.19. The fraction of sp³-hybridized carbons (Fsp3) is 0.261. The summed E-state index contributed by atoms with van der Waals surface area (Å²) in [5.41, 5.74) is 5.95. The number of fused-ring (bicyclic) bond motifs is 1. The number of benzene rings is 1. The van der Waals surface area contributed by atoms with Gasteiger partial charge in [-0.15, -0.1) is 0 Å². The zero-order chi connectivity index (χ0) is 23.8. The first-order chi connectivity index (χ1) is 16.4. The summed E-state index contributed by atoms with van der Waals surface area (Å²) < 4.78 is 21.9. The molecule has 0 radical (unpaired) electrons. The summed E-state index contributed by atoms with van der Waals surface area (Å²) in [6, 6.07) is 6.12. The molecule has 1 aliphatic rings. The monoisotopic (exact) mass is 464 g/mol. The summed E-state index contributed by atoms with van der Waals surface area (Å²) >= 11 is 0. The summed E-state index contributed by atoms with van der Waals surface area (Å²) in [6.45, 7) is 1.75. The van der Waals surface area contributed by atoms with Crippen LogP contribution in [0.4, 0.5) is 10.1 Å². The molecule has 11 heteroatoms. The molecule has 1 fully saturated rings. The molecule has 1 atom stereocenters. The van der Waals surface area contributed by atoms with E-state index in [2.05, 4.69) is 15.1 Å². The van der Waals surface area contributed by atoms with Gasteiger partial charge in [0, 0.05) is 42.6 Å². The van der Waals surface area contributed by atoms with Crippen LogP contribution in [-0.4, -0.2) is 50.4 Å². The maximum absolute atomic E-state index is 15.1. The number of rotatable bonds is 6. The van der Waals surface area contributed by atoms with Crippen LogP contribution in [0, 0.1) is 11.7 Å². The van der Waals surface area contributed by atoms with Crippen molar-refractivity contribution in [2.24, 2.45) is 11.7 Å². The minimum Gasteiger partial charge on any atom is -0.477 e. The molecular formula is C23H21FN6O4. The number of hydrogen-bond acceptors (Lipinski definition) is 8. The molecule has 0 aliphatic carbocycles. The average Bonchev–Trinajstić information content (AvgIpc) is 3.51. The number of aromatic nitrogens is 4. The third-order valence-corrected chi connectivity index (χ3v) is 6.05. The third-order valence-electron chi connectivity index (χ3n) is 6.05. The molecule has 174 valence electrons. The van der Waals surface area contributed by atoms with Gasteiger partial charge in [0.05, 0.1) is 11.2 Å². The summed E-state index contributed by atoms with van der Waals surface area (Å²) in [5, 5.41) is 13.5. The lowest BCUT2D eigenvalue weighted by Gasteiger charge is -2.21. The highest BCUT2D eigenvalue weighted by molar-refractivity contribution is 5.93. The van der Waals surface area contributed by atoms with Crippen molar-refractivity contribution in [3.05, 3.63) is 70.4 Å². The number of carbonyl (C=O) groups is 1. The van der Waals surface area contributed by atoms with Crippen LogP contribution in [0.1, 0.15) is 22.7 Å². The van der Waals surface area contributed by atoms with Crippen molar-refractivity contribution in [2.75, 3.05) is 24.5 Å². The Morgan fingerprint density at radius 3 is 2.79 bits per heavy atom. The van der Waals surface area contributed by atoms with Crippen LogP contribution in [0.3, 0.4) is 0 Å². The van der Waals surface area contributed by atoms with Crippen molar-refractivity contribution >= 4 is 22.6 Å². The molecule has 0 saturated carbocycles. The Morgan fingerprint density at radius 2 is 2.09 bits per heavy atom. The molecule has 34 heavy (non-hydrogen) atoms. The van der Waals surface area contributed by atoms with Crippen LogP contribution in [0.15, 0.2) is 52.2 Å². The second-order valence-corrected chi connectivity index (χ2v) is 8.21. The van der Waals surface area contributed by atoms with Gasteiger partial charge in [0.15, 0.2) is 0 Å². The van der Waals surface area contributed by atoms with E-state index in [1.165, 1.54) is 10.8 Å². The van der Waals surface area contributed by atoms with Gasteiger partial charge in [-0.3, -0.25) is 9.78 Å². The van der Waals surface area contributed by atoms with Crippen LogP contribution >= 0.6 is 0 Å². The molecular weight excluding hydrogens is 443 g/mol. The Bertz CT molecular complexity index is 1430. The number of nitrogens with two attached hydrogens (primary N) is 1. The van der Waals surface area contributed by atoms with Gasteiger partial charge in [0.25, 0.3) is 0 Å². The summed E-state index contributed by atoms with van der Waals surface area (Å²) in [4.78, 5) is 34.7. The van der Waals surface area contributed by atoms with Crippen LogP contribution in [0.2, 0.25) is 0 Å². The Morgan fingerprint density at radius 1 is 1.29 bits per heavy atom. The van der Waals surface area contributed by atoms with E-state index in [-0.39, 0.29) is 23.7 Å². The fourth-order valence-corrected chi connectivity index (χ4v) is 4.25. The molecule has 1 saturated heterocycles. The third kappa shape index (κ3) is 3.90. The van der Waals surface area contributed by atoms with Gasteiger partial charge in [0.1, 0.15) is 17.9 Å². The number of hydrogen-bond donors (Lipinski definition) is 2. The highest BCUT2D eigenvalue weighted by atomic mass is 19.1. The van der Waals surface area contributed by atoms with E-state index < -0.39 is 22.8 Å². The maximum atomic E-state index is 15.1. The smallest absolute Gasteiger partial charge is 0.341 e. The summed E-state index contributed by atoms with van der Waals surface area (Å²) in [6.07, 6.45) is 5.27. The van der Waals surface area contributed by atoms with E-state index in [1.54, 1.807) is 30.6 Å². The van der Waals surface area contributed by atoms with Gasteiger partial charge in [-0.1, -0.05) is 5.16 Å². The van der Waals surface area contributed by atoms with Gasteiger partial charge in [-0.05, 0) is 43.1 Å². The zero-order valence-corrected chi connectivity index (χ0v) is 18.0. The first kappa shape index (κ1) is 21.7. The average molecular weight is 464 g/mol. The first-order valence-electron chi connectivity index (χ1n) is 10.7. The van der Waals surface area contributed by atoms with E-state index in [0.717, 1.165) is 12.5 Å². The molecule has 4 heterocycles. The number of aromatic carboxylic acids is 1. The van der Waals surface area contributed by atoms with E-state index in [0.29, 0.717) is 42.2 Å². The molecule has 0 bridgehead atoms. The standard InChI is InChI=1S/C23H21FN6O4/c24-17-7-15-18(8-19(17)29-6-3-13(9-25)10-29)30(11-16(21(15)31)23(32)33)12-20-27-22(28-34-20)14-1-4-26-5-2-14/h1-2,4-5,7-8,11,13H,3,6,9-10,12,25H2,(H,32,33)/t13-/m0/s1. The predicted molar refractivity (Wildman–Crippen MR) is 121 cm³/mol. The lowest BCUT2D eigenvalue weighted by Crippen LogP contribution is -2.24. The topological polar surface area (TPSA) is 140 Å². The van der Waals surface area contributed by atoms with Crippen LogP contribution in [0.25, 0.3) is 22.3 Å². The second kappa shape index (κ2) is 8.67. The van der Waals surface area contributed by atoms with Gasteiger partial charge in [0.2, 0.25) is 17.1 Å². The molecule has 3 N–H and O–H groups in total. The highest BCUT2D eigenvalue weighted by Crippen LogP contribution is 2.30. The van der Waals surface area contributed by atoms with Crippen molar-refractivity contribution in [3.8, 4) is 11.4 Å². The van der Waals surface area contributed by atoms with Gasteiger partial charge < -0.3 is 24.8 Å². The maximum Gasteiger partial charge on any atom is 0.341 e. The SMILES string of the molecule is NC[C@@H]1CCN(c2cc3c(cc2F)c(=O)c(C(=O)O)cn3Cc2nc(-c3ccncc3)no2)C1. The number of carboxylic acid groups (broad SMARTS) is 1. The molecule has 0 unspecified atom stereocenters. The number of nitrogens with zero attached hydrogens (tertiary/aromatic N) is 5. The van der Waals surface area contributed by atoms with E-state index in [4.69, 9.17) is 10.3 Å². The molecule has 0 spiro atoms. The van der Waals surface area contributed by atoms with Gasteiger partial charge >= 0.3 is 5.97 Å². The molecule has 10 nitrogen and oxygen atoms in total. The lowest BCUT2D eigenvalue weighted by molar-refractivity contribution is 0.0694. The van der Waals surface area contributed by atoms with E-state index >= 15 is 4.39 Å². The quantitative estimate of drug-likeness (QED) is 0.439. The number of carboxylic acids is 1. The Kier molecular flexibility index (Phi) is 5.54. The van der Waals surface area contributed by atoms with Crippen LogP contribution in [-0.2, 0) is 6.54 Å². The van der Waals surface area contributed by atoms with Crippen molar-refractivity contribution < 1.29 is 18.8 Å². The first-order valence-corrected chi connectivity index (χ1v) is 10.7. The summed E-state index contributed by atoms with van der Waals surface area (Å²) in [7, 11) is 0. The minimum atomic E-state index is -1.40. The van der Waals surface area contributed by atoms with Crippen LogP contribution in [0.5, 0.6) is 0 Å². The lowest BCUT2D eigenvalue weighted by atomic mass is 10.1. The Labute approximate surface area is 192 Å². The van der Waals surface area contributed by atoms with E-state index in [1.807, 2.05) is 4.90 Å². The van der Waals surface area contributed by atoms with Crippen LogP contribution < -0.4 is 16.1 Å². The van der Waals surface area contributed by atoms with Crippen molar-refractivity contribution in [3.63, 3.8) is 0 Å². The largest absolute Gasteiger partial charge is 0.477 e.